The first kappa shape index (κ1) is 14.5. The maximum Gasteiger partial charge on any atom is 0.387 e. The molecule has 0 saturated carbocycles. The third-order valence-corrected chi connectivity index (χ3v) is 3.11. The minimum Gasteiger partial charge on any atom is -0.435 e. The van der Waals surface area contributed by atoms with Crippen LogP contribution in [0, 0.1) is 0 Å². The summed E-state index contributed by atoms with van der Waals surface area (Å²) in [5, 5.41) is 3.35. The molecule has 1 N–H and O–H groups in total. The molecule has 2 rings (SSSR count). The van der Waals surface area contributed by atoms with Crippen LogP contribution in [0.1, 0.15) is 24.2 Å². The van der Waals surface area contributed by atoms with Crippen LogP contribution >= 0.6 is 0 Å². The summed E-state index contributed by atoms with van der Waals surface area (Å²) in [6.45, 7) is -0.0898. The second-order valence-corrected chi connectivity index (χ2v) is 4.55. The van der Waals surface area contributed by atoms with Crippen LogP contribution in [0.5, 0.6) is 5.75 Å². The Bertz CT molecular complexity index is 540. The number of imidazole rings is 1. The molecule has 1 aromatic carbocycles. The van der Waals surface area contributed by atoms with Gasteiger partial charge in [-0.2, -0.15) is 8.78 Å². The SMILES string of the molecule is CC(NCc1cncn1C)c1ccc(OC(F)F)cc1. The number of hydrogen-bond donors (Lipinski definition) is 1. The molecule has 1 aromatic heterocycles. The van der Waals surface area contributed by atoms with Gasteiger partial charge < -0.3 is 14.6 Å². The smallest absolute Gasteiger partial charge is 0.387 e. The Kier molecular flexibility index (Phi) is 4.68. The Balaban J connectivity index is 1.92. The van der Waals surface area contributed by atoms with Gasteiger partial charge in [-0.25, -0.2) is 4.98 Å². The lowest BCUT2D eigenvalue weighted by Gasteiger charge is -2.15. The highest BCUT2D eigenvalue weighted by Crippen LogP contribution is 2.19. The van der Waals surface area contributed by atoms with Crippen LogP contribution in [0.25, 0.3) is 0 Å². The highest BCUT2D eigenvalue weighted by atomic mass is 19.3. The summed E-state index contributed by atoms with van der Waals surface area (Å²) in [6.07, 6.45) is 3.55. The summed E-state index contributed by atoms with van der Waals surface area (Å²) < 4.78 is 30.4. The molecule has 20 heavy (non-hydrogen) atoms. The Morgan fingerprint density at radius 2 is 2.00 bits per heavy atom. The van der Waals surface area contributed by atoms with Gasteiger partial charge in [0.1, 0.15) is 5.75 Å². The number of nitrogens with one attached hydrogen (secondary N) is 1. The fourth-order valence-electron chi connectivity index (χ4n) is 1.87. The van der Waals surface area contributed by atoms with Crippen molar-refractivity contribution in [3.8, 4) is 5.75 Å². The summed E-state index contributed by atoms with van der Waals surface area (Å²) in [5.41, 5.74) is 2.09. The lowest BCUT2D eigenvalue weighted by atomic mass is 10.1. The molecule has 1 unspecified atom stereocenters. The van der Waals surface area contributed by atoms with Crippen molar-refractivity contribution in [3.05, 3.63) is 48.0 Å². The molecular weight excluding hydrogens is 264 g/mol. The second-order valence-electron chi connectivity index (χ2n) is 4.55. The molecule has 1 atom stereocenters. The van der Waals surface area contributed by atoms with Crippen molar-refractivity contribution < 1.29 is 13.5 Å². The predicted molar refractivity (Wildman–Crippen MR) is 71.5 cm³/mol. The molecule has 1 heterocycles. The van der Waals surface area contributed by atoms with Gasteiger partial charge in [0, 0.05) is 25.8 Å². The summed E-state index contributed by atoms with van der Waals surface area (Å²) in [7, 11) is 1.94. The fourth-order valence-corrected chi connectivity index (χ4v) is 1.87. The normalized spacial score (nSPS) is 12.7. The molecule has 0 saturated heterocycles. The molecule has 108 valence electrons. The predicted octanol–water partition coefficient (Wildman–Crippen LogP) is 2.87. The van der Waals surface area contributed by atoms with E-state index in [2.05, 4.69) is 15.0 Å². The van der Waals surface area contributed by atoms with Crippen LogP contribution in [0.15, 0.2) is 36.8 Å². The average Bonchev–Trinajstić information content (AvgIpc) is 2.82. The van der Waals surface area contributed by atoms with E-state index in [-0.39, 0.29) is 11.8 Å². The number of benzene rings is 1. The topological polar surface area (TPSA) is 39.1 Å². The summed E-state index contributed by atoms with van der Waals surface area (Å²) in [6, 6.07) is 6.75. The van der Waals surface area contributed by atoms with Gasteiger partial charge in [0.15, 0.2) is 0 Å². The van der Waals surface area contributed by atoms with Gasteiger partial charge in [-0.1, -0.05) is 12.1 Å². The fraction of sp³-hybridized carbons (Fsp3) is 0.357. The van der Waals surface area contributed by atoms with E-state index in [4.69, 9.17) is 0 Å². The van der Waals surface area contributed by atoms with Crippen molar-refractivity contribution in [1.82, 2.24) is 14.9 Å². The third-order valence-electron chi connectivity index (χ3n) is 3.11. The quantitative estimate of drug-likeness (QED) is 0.885. The van der Waals surface area contributed by atoms with Crippen molar-refractivity contribution in [3.63, 3.8) is 0 Å². The molecule has 0 fully saturated rings. The van der Waals surface area contributed by atoms with E-state index < -0.39 is 6.61 Å². The van der Waals surface area contributed by atoms with Gasteiger partial charge in [0.05, 0.1) is 12.0 Å². The lowest BCUT2D eigenvalue weighted by molar-refractivity contribution is -0.0498. The van der Waals surface area contributed by atoms with E-state index in [0.717, 1.165) is 11.3 Å². The number of hydrogen-bond acceptors (Lipinski definition) is 3. The van der Waals surface area contributed by atoms with E-state index in [9.17, 15) is 8.78 Å². The standard InChI is InChI=1S/C14H17F2N3O/c1-10(18-8-12-7-17-9-19(12)2)11-3-5-13(6-4-11)20-14(15)16/h3-7,9-10,14,18H,8H2,1-2H3. The van der Waals surface area contributed by atoms with Crippen LogP contribution in [-0.4, -0.2) is 16.2 Å². The number of aryl methyl sites for hydroxylation is 1. The number of nitrogens with zero attached hydrogens (tertiary/aromatic N) is 2. The van der Waals surface area contributed by atoms with Crippen molar-refractivity contribution in [2.45, 2.75) is 26.1 Å². The van der Waals surface area contributed by atoms with Crippen LogP contribution in [0.3, 0.4) is 0 Å². The number of aromatic nitrogens is 2. The maximum atomic E-state index is 12.1. The van der Waals surface area contributed by atoms with Crippen LogP contribution < -0.4 is 10.1 Å². The van der Waals surface area contributed by atoms with Crippen molar-refractivity contribution in [2.75, 3.05) is 0 Å². The number of alkyl halides is 2. The molecule has 6 heteroatoms. The zero-order chi connectivity index (χ0) is 14.5. The van der Waals surface area contributed by atoms with E-state index in [1.165, 1.54) is 0 Å². The first-order chi connectivity index (χ1) is 9.56. The van der Waals surface area contributed by atoms with Crippen molar-refractivity contribution in [2.24, 2.45) is 7.05 Å². The largest absolute Gasteiger partial charge is 0.435 e. The van der Waals surface area contributed by atoms with Gasteiger partial charge in [-0.3, -0.25) is 0 Å². The lowest BCUT2D eigenvalue weighted by Crippen LogP contribution is -2.19. The third kappa shape index (κ3) is 3.77. The average molecular weight is 281 g/mol. The minimum atomic E-state index is -2.79. The van der Waals surface area contributed by atoms with Gasteiger partial charge >= 0.3 is 6.61 Å². The molecule has 0 aliphatic carbocycles. The molecule has 2 aromatic rings. The number of ether oxygens (including phenoxy) is 1. The van der Waals surface area contributed by atoms with E-state index in [1.807, 2.05) is 18.5 Å². The molecular formula is C14H17F2N3O. The van der Waals surface area contributed by atoms with Gasteiger partial charge in [-0.15, -0.1) is 0 Å². The zero-order valence-corrected chi connectivity index (χ0v) is 11.4. The highest BCUT2D eigenvalue weighted by Gasteiger charge is 2.08. The first-order valence-electron chi connectivity index (χ1n) is 6.29. The van der Waals surface area contributed by atoms with Crippen molar-refractivity contribution >= 4 is 0 Å². The Labute approximate surface area is 116 Å². The minimum absolute atomic E-state index is 0.102. The molecule has 0 radical (unpaired) electrons. The maximum absolute atomic E-state index is 12.1. The van der Waals surface area contributed by atoms with E-state index in [0.29, 0.717) is 6.54 Å². The Morgan fingerprint density at radius 3 is 2.55 bits per heavy atom. The highest BCUT2D eigenvalue weighted by molar-refractivity contribution is 5.29. The van der Waals surface area contributed by atoms with Gasteiger partial charge in [0.2, 0.25) is 0 Å². The summed E-state index contributed by atoms with van der Waals surface area (Å²) in [4.78, 5) is 4.05. The molecule has 0 amide bonds. The Hall–Kier alpha value is -1.95. The van der Waals surface area contributed by atoms with Gasteiger partial charge in [-0.05, 0) is 24.6 Å². The summed E-state index contributed by atoms with van der Waals surface area (Å²) in [5.74, 6) is 0.169. The second kappa shape index (κ2) is 6.47. The molecule has 0 spiro atoms. The molecule has 0 aliphatic heterocycles. The van der Waals surface area contributed by atoms with Crippen LogP contribution in [-0.2, 0) is 13.6 Å². The number of rotatable bonds is 6. The monoisotopic (exact) mass is 281 g/mol. The Morgan fingerprint density at radius 1 is 1.30 bits per heavy atom. The molecule has 0 bridgehead atoms. The zero-order valence-electron chi connectivity index (χ0n) is 11.4. The molecule has 0 aliphatic rings. The first-order valence-corrected chi connectivity index (χ1v) is 6.29. The molecule has 4 nitrogen and oxygen atoms in total. The van der Waals surface area contributed by atoms with E-state index >= 15 is 0 Å². The van der Waals surface area contributed by atoms with Gasteiger partial charge in [0.25, 0.3) is 0 Å². The van der Waals surface area contributed by atoms with Crippen LogP contribution in [0.4, 0.5) is 8.78 Å². The van der Waals surface area contributed by atoms with E-state index in [1.54, 1.807) is 36.8 Å². The number of halogens is 2. The van der Waals surface area contributed by atoms with Crippen molar-refractivity contribution in [1.29, 1.82) is 0 Å². The van der Waals surface area contributed by atoms with Crippen LogP contribution in [0.2, 0.25) is 0 Å². The summed E-state index contributed by atoms with van der Waals surface area (Å²) >= 11 is 0.